The van der Waals surface area contributed by atoms with Crippen molar-refractivity contribution < 1.29 is 19.1 Å². The molecule has 0 aliphatic carbocycles. The zero-order chi connectivity index (χ0) is 23.8. The van der Waals surface area contributed by atoms with Gasteiger partial charge in [-0.15, -0.1) is 11.3 Å². The van der Waals surface area contributed by atoms with Gasteiger partial charge in [0, 0.05) is 10.4 Å². The Hall–Kier alpha value is -3.58. The van der Waals surface area contributed by atoms with Gasteiger partial charge in [-0.1, -0.05) is 42.8 Å². The Morgan fingerprint density at radius 2 is 1.76 bits per heavy atom. The summed E-state index contributed by atoms with van der Waals surface area (Å²) in [4.78, 5) is 27.1. The summed E-state index contributed by atoms with van der Waals surface area (Å²) in [6.45, 7) is 4.03. The second-order valence-corrected chi connectivity index (χ2v) is 8.42. The normalized spacial score (nSPS) is 12.1. The van der Waals surface area contributed by atoms with Crippen molar-refractivity contribution in [2.24, 2.45) is 0 Å². The average molecular weight is 465 g/mol. The maximum absolute atomic E-state index is 13.2. The van der Waals surface area contributed by atoms with Gasteiger partial charge in [0.1, 0.15) is 5.70 Å². The summed E-state index contributed by atoms with van der Waals surface area (Å²) in [5.41, 5.74) is 2.68. The van der Waals surface area contributed by atoms with Crippen LogP contribution in [0.4, 0.5) is 0 Å². The molecule has 1 atom stereocenters. The van der Waals surface area contributed by atoms with Crippen LogP contribution in [0.2, 0.25) is 0 Å². The van der Waals surface area contributed by atoms with Crippen LogP contribution < -0.4 is 20.1 Å². The van der Waals surface area contributed by atoms with Crippen LogP contribution in [0.25, 0.3) is 6.08 Å². The van der Waals surface area contributed by atoms with Crippen LogP contribution in [0, 0.1) is 6.92 Å². The predicted molar refractivity (Wildman–Crippen MR) is 132 cm³/mol. The summed E-state index contributed by atoms with van der Waals surface area (Å²) < 4.78 is 10.5. The lowest BCUT2D eigenvalue weighted by atomic mass is 10.0. The lowest BCUT2D eigenvalue weighted by molar-refractivity contribution is -0.118. The summed E-state index contributed by atoms with van der Waals surface area (Å²) in [5, 5.41) is 7.74. The van der Waals surface area contributed by atoms with Crippen molar-refractivity contribution in [3.8, 4) is 11.5 Å². The van der Waals surface area contributed by atoms with Gasteiger partial charge in [-0.05, 0) is 54.6 Å². The van der Waals surface area contributed by atoms with E-state index in [0.29, 0.717) is 23.5 Å². The zero-order valence-corrected chi connectivity index (χ0v) is 20.0. The third-order valence-electron chi connectivity index (χ3n) is 5.16. The number of nitrogens with one attached hydrogen (secondary N) is 2. The molecule has 0 saturated carbocycles. The van der Waals surface area contributed by atoms with E-state index in [9.17, 15) is 9.59 Å². The summed E-state index contributed by atoms with van der Waals surface area (Å²) >= 11 is 1.48. The van der Waals surface area contributed by atoms with E-state index in [1.54, 1.807) is 24.3 Å². The maximum atomic E-state index is 13.2. The van der Waals surface area contributed by atoms with E-state index >= 15 is 0 Å². The molecule has 0 unspecified atom stereocenters. The first kappa shape index (κ1) is 24.1. The lowest BCUT2D eigenvalue weighted by Gasteiger charge is -2.19. The fourth-order valence-corrected chi connectivity index (χ4v) is 3.96. The van der Waals surface area contributed by atoms with Gasteiger partial charge in [0.15, 0.2) is 11.5 Å². The van der Waals surface area contributed by atoms with Gasteiger partial charge in [-0.2, -0.15) is 0 Å². The highest BCUT2D eigenvalue weighted by Crippen LogP contribution is 2.27. The zero-order valence-electron chi connectivity index (χ0n) is 19.2. The van der Waals surface area contributed by atoms with Crippen LogP contribution in [-0.4, -0.2) is 26.0 Å². The molecule has 2 N–H and O–H groups in total. The minimum Gasteiger partial charge on any atom is -0.493 e. The minimum atomic E-state index is -0.419. The van der Waals surface area contributed by atoms with Crippen molar-refractivity contribution in [3.05, 3.63) is 87.2 Å². The molecule has 3 rings (SSSR count). The molecule has 0 saturated heterocycles. The summed E-state index contributed by atoms with van der Waals surface area (Å²) in [5.74, 6) is 0.177. The number of amides is 2. The van der Waals surface area contributed by atoms with E-state index in [0.717, 1.165) is 16.0 Å². The first-order chi connectivity index (χ1) is 15.9. The van der Waals surface area contributed by atoms with E-state index in [4.69, 9.17) is 9.47 Å². The summed E-state index contributed by atoms with van der Waals surface area (Å²) in [6, 6.07) is 16.5. The number of ether oxygens (including phenoxy) is 2. The predicted octanol–water partition coefficient (Wildman–Crippen LogP) is 5.11. The molecule has 6 nitrogen and oxygen atoms in total. The molecule has 2 aromatic carbocycles. The molecule has 0 aliphatic rings. The molecule has 33 heavy (non-hydrogen) atoms. The van der Waals surface area contributed by atoms with Crippen molar-refractivity contribution in [1.29, 1.82) is 0 Å². The molecule has 0 bridgehead atoms. The molecule has 0 fully saturated rings. The average Bonchev–Trinajstić information content (AvgIpc) is 3.35. The SMILES string of the molecule is CC[C@@H](NC(=O)/C(=C/c1cccs1)NC(=O)c1ccc(OC)c(OC)c1)c1ccc(C)cc1. The number of aryl methyl sites for hydroxylation is 1. The first-order valence-corrected chi connectivity index (χ1v) is 11.5. The third-order valence-corrected chi connectivity index (χ3v) is 5.98. The fraction of sp³-hybridized carbons (Fsp3) is 0.231. The summed E-state index contributed by atoms with van der Waals surface area (Å²) in [7, 11) is 3.03. The van der Waals surface area contributed by atoms with Crippen LogP contribution >= 0.6 is 11.3 Å². The van der Waals surface area contributed by atoms with Crippen molar-refractivity contribution in [2.75, 3.05) is 14.2 Å². The minimum absolute atomic E-state index is 0.169. The van der Waals surface area contributed by atoms with Gasteiger partial charge in [-0.25, -0.2) is 0 Å². The number of methoxy groups -OCH3 is 2. The monoisotopic (exact) mass is 464 g/mol. The molecule has 0 spiro atoms. The Bertz CT molecular complexity index is 1120. The van der Waals surface area contributed by atoms with Crippen molar-refractivity contribution in [3.63, 3.8) is 0 Å². The fourth-order valence-electron chi connectivity index (χ4n) is 3.30. The van der Waals surface area contributed by atoms with Gasteiger partial charge in [0.05, 0.1) is 20.3 Å². The Morgan fingerprint density at radius 1 is 1.03 bits per heavy atom. The quantitative estimate of drug-likeness (QED) is 0.432. The molecule has 2 amide bonds. The molecule has 7 heteroatoms. The number of carbonyl (C=O) groups is 2. The molecular formula is C26H28N2O4S. The number of hydrogen-bond donors (Lipinski definition) is 2. The molecule has 1 heterocycles. The van der Waals surface area contributed by atoms with E-state index in [-0.39, 0.29) is 17.6 Å². The molecular weight excluding hydrogens is 436 g/mol. The number of rotatable bonds is 9. The maximum Gasteiger partial charge on any atom is 0.268 e. The van der Waals surface area contributed by atoms with Gasteiger partial charge < -0.3 is 20.1 Å². The Balaban J connectivity index is 1.85. The van der Waals surface area contributed by atoms with Crippen molar-refractivity contribution in [1.82, 2.24) is 10.6 Å². The van der Waals surface area contributed by atoms with Crippen LogP contribution in [0.1, 0.15) is 45.7 Å². The highest BCUT2D eigenvalue weighted by molar-refractivity contribution is 7.10. The second kappa shape index (κ2) is 11.3. The number of thiophene rings is 1. The topological polar surface area (TPSA) is 76.7 Å². The smallest absolute Gasteiger partial charge is 0.268 e. The molecule has 3 aromatic rings. The molecule has 0 radical (unpaired) electrons. The van der Waals surface area contributed by atoms with Crippen molar-refractivity contribution >= 4 is 29.2 Å². The second-order valence-electron chi connectivity index (χ2n) is 7.44. The van der Waals surface area contributed by atoms with Gasteiger partial charge >= 0.3 is 0 Å². The van der Waals surface area contributed by atoms with E-state index < -0.39 is 5.91 Å². The Labute approximate surface area is 198 Å². The number of hydrogen-bond acceptors (Lipinski definition) is 5. The van der Waals surface area contributed by atoms with Gasteiger partial charge in [0.2, 0.25) is 0 Å². The summed E-state index contributed by atoms with van der Waals surface area (Å²) in [6.07, 6.45) is 2.39. The lowest BCUT2D eigenvalue weighted by Crippen LogP contribution is -2.36. The Morgan fingerprint density at radius 3 is 2.36 bits per heavy atom. The Kier molecular flexibility index (Phi) is 8.27. The van der Waals surface area contributed by atoms with Crippen LogP contribution in [0.15, 0.2) is 65.7 Å². The van der Waals surface area contributed by atoms with E-state index in [1.165, 1.54) is 25.6 Å². The molecule has 0 aliphatic heterocycles. The number of benzene rings is 2. The van der Waals surface area contributed by atoms with Crippen LogP contribution in [0.5, 0.6) is 11.5 Å². The van der Waals surface area contributed by atoms with Crippen LogP contribution in [0.3, 0.4) is 0 Å². The third kappa shape index (κ3) is 6.23. The number of carbonyl (C=O) groups excluding carboxylic acids is 2. The molecule has 1 aromatic heterocycles. The highest BCUT2D eigenvalue weighted by atomic mass is 32.1. The highest BCUT2D eigenvalue weighted by Gasteiger charge is 2.20. The molecule has 172 valence electrons. The first-order valence-electron chi connectivity index (χ1n) is 10.6. The van der Waals surface area contributed by atoms with Crippen LogP contribution in [-0.2, 0) is 4.79 Å². The van der Waals surface area contributed by atoms with Crippen molar-refractivity contribution in [2.45, 2.75) is 26.3 Å². The standard InChI is InChI=1S/C26H28N2O4S/c1-5-21(18-10-8-17(2)9-11-18)27-26(30)22(16-20-7-6-14-33-20)28-25(29)19-12-13-23(31-3)24(15-19)32-4/h6-16,21H,5H2,1-4H3,(H,27,30)(H,28,29)/b22-16-/t21-/m1/s1. The van der Waals surface area contributed by atoms with Gasteiger partial charge in [0.25, 0.3) is 11.8 Å². The van der Waals surface area contributed by atoms with Gasteiger partial charge in [-0.3, -0.25) is 9.59 Å². The largest absolute Gasteiger partial charge is 0.493 e. The van der Waals surface area contributed by atoms with E-state index in [2.05, 4.69) is 10.6 Å². The van der Waals surface area contributed by atoms with E-state index in [1.807, 2.05) is 55.6 Å².